The number of sulfonamides is 1. The van der Waals surface area contributed by atoms with Crippen LogP contribution in [0.3, 0.4) is 0 Å². The number of aliphatic carboxylic acids is 1. The third-order valence-corrected chi connectivity index (χ3v) is 3.86. The number of ether oxygens (including phenoxy) is 1. The normalized spacial score (nSPS) is 12.7. The van der Waals surface area contributed by atoms with Gasteiger partial charge in [0, 0.05) is 0 Å². The molecule has 0 saturated carbocycles. The summed E-state index contributed by atoms with van der Waals surface area (Å²) in [5, 5.41) is 8.85. The summed E-state index contributed by atoms with van der Waals surface area (Å²) >= 11 is 0. The zero-order valence-electron chi connectivity index (χ0n) is 10.7. The zero-order valence-corrected chi connectivity index (χ0v) is 11.5. The fourth-order valence-corrected chi connectivity index (χ4v) is 2.64. The molecule has 0 aliphatic carbocycles. The summed E-state index contributed by atoms with van der Waals surface area (Å²) in [7, 11) is -3.68. The van der Waals surface area contributed by atoms with Crippen molar-refractivity contribution >= 4 is 22.0 Å². The Kier molecular flexibility index (Phi) is 5.33. The predicted octanol–water partition coefficient (Wildman–Crippen LogP) is 0.259. The van der Waals surface area contributed by atoms with Crippen molar-refractivity contribution < 1.29 is 36.6 Å². The van der Waals surface area contributed by atoms with Gasteiger partial charge in [0.05, 0.1) is 13.5 Å². The average Bonchev–Trinajstić information content (AvgIpc) is 2.40. The van der Waals surface area contributed by atoms with E-state index in [-0.39, 0.29) is 0 Å². The molecule has 2 N–H and O–H groups in total. The van der Waals surface area contributed by atoms with Gasteiger partial charge in [-0.25, -0.2) is 17.2 Å². The Morgan fingerprint density at radius 3 is 2.52 bits per heavy atom. The SMILES string of the molecule is COC(=O)C[C@H](NS(=O)(=O)c1cc(F)ccc1F)C(=O)O. The number of carbonyl (C=O) groups excluding carboxylic acids is 1. The molecule has 0 aliphatic rings. The highest BCUT2D eigenvalue weighted by atomic mass is 32.2. The monoisotopic (exact) mass is 323 g/mol. The Labute approximate surface area is 118 Å². The lowest BCUT2D eigenvalue weighted by molar-refractivity contribution is -0.147. The first-order chi connectivity index (χ1) is 9.67. The molecule has 10 heteroatoms. The average molecular weight is 323 g/mol. The van der Waals surface area contributed by atoms with Crippen molar-refractivity contribution in [1.29, 1.82) is 0 Å². The van der Waals surface area contributed by atoms with Crippen LogP contribution in [0.1, 0.15) is 6.42 Å². The number of hydrogen-bond donors (Lipinski definition) is 2. The number of halogens is 2. The van der Waals surface area contributed by atoms with Gasteiger partial charge in [-0.2, -0.15) is 4.72 Å². The van der Waals surface area contributed by atoms with Crippen molar-refractivity contribution in [3.05, 3.63) is 29.8 Å². The van der Waals surface area contributed by atoms with Gasteiger partial charge in [-0.15, -0.1) is 0 Å². The molecule has 0 saturated heterocycles. The number of hydrogen-bond acceptors (Lipinski definition) is 5. The summed E-state index contributed by atoms with van der Waals surface area (Å²) in [6.45, 7) is 0. The number of rotatable bonds is 6. The Bertz CT molecular complexity index is 661. The van der Waals surface area contributed by atoms with Crippen molar-refractivity contribution in [1.82, 2.24) is 4.72 Å². The quantitative estimate of drug-likeness (QED) is 0.727. The summed E-state index contributed by atoms with van der Waals surface area (Å²) in [5.74, 6) is -4.92. The number of carboxylic acids is 1. The third-order valence-electron chi connectivity index (χ3n) is 2.38. The van der Waals surface area contributed by atoms with Gasteiger partial charge in [-0.1, -0.05) is 0 Å². The largest absolute Gasteiger partial charge is 0.480 e. The highest BCUT2D eigenvalue weighted by Crippen LogP contribution is 2.16. The molecule has 0 unspecified atom stereocenters. The second-order valence-electron chi connectivity index (χ2n) is 3.87. The third kappa shape index (κ3) is 4.46. The van der Waals surface area contributed by atoms with Crippen LogP contribution >= 0.6 is 0 Å². The van der Waals surface area contributed by atoms with Crippen molar-refractivity contribution in [2.75, 3.05) is 7.11 Å². The van der Waals surface area contributed by atoms with E-state index in [4.69, 9.17) is 5.11 Å². The van der Waals surface area contributed by atoms with Gasteiger partial charge in [-0.05, 0) is 18.2 Å². The fraction of sp³-hybridized carbons (Fsp3) is 0.273. The lowest BCUT2D eigenvalue weighted by Gasteiger charge is -2.14. The molecule has 0 heterocycles. The molecule has 21 heavy (non-hydrogen) atoms. The summed E-state index contributed by atoms with van der Waals surface area (Å²) in [6, 6.07) is -0.184. The first-order valence-corrected chi connectivity index (χ1v) is 6.92. The van der Waals surface area contributed by atoms with Crippen LogP contribution in [0.5, 0.6) is 0 Å². The Morgan fingerprint density at radius 2 is 2.00 bits per heavy atom. The van der Waals surface area contributed by atoms with E-state index in [1.54, 1.807) is 4.72 Å². The number of esters is 1. The van der Waals surface area contributed by atoms with Crippen LogP contribution in [0.15, 0.2) is 23.1 Å². The molecule has 0 fully saturated rings. The van der Waals surface area contributed by atoms with Gasteiger partial charge in [-0.3, -0.25) is 9.59 Å². The van der Waals surface area contributed by atoms with Gasteiger partial charge < -0.3 is 9.84 Å². The molecule has 116 valence electrons. The maximum atomic E-state index is 13.4. The van der Waals surface area contributed by atoms with Crippen LogP contribution in [0.4, 0.5) is 8.78 Å². The van der Waals surface area contributed by atoms with Gasteiger partial charge in [0.1, 0.15) is 22.6 Å². The van der Waals surface area contributed by atoms with E-state index in [9.17, 15) is 26.8 Å². The second-order valence-corrected chi connectivity index (χ2v) is 5.55. The summed E-state index contributed by atoms with van der Waals surface area (Å²) in [5.41, 5.74) is 0. The number of carboxylic acid groups (broad SMARTS) is 1. The van der Waals surface area contributed by atoms with Crippen LogP contribution < -0.4 is 4.72 Å². The molecule has 0 aliphatic heterocycles. The summed E-state index contributed by atoms with van der Waals surface area (Å²) in [4.78, 5) is 20.9. The molecule has 1 atom stereocenters. The van der Waals surface area contributed by atoms with Crippen molar-refractivity contribution in [2.24, 2.45) is 0 Å². The zero-order chi connectivity index (χ0) is 16.2. The van der Waals surface area contributed by atoms with Gasteiger partial charge in [0.2, 0.25) is 10.0 Å². The lowest BCUT2D eigenvalue weighted by Crippen LogP contribution is -2.42. The molecular weight excluding hydrogens is 312 g/mol. The van der Waals surface area contributed by atoms with Crippen LogP contribution in [0.25, 0.3) is 0 Å². The molecule has 7 nitrogen and oxygen atoms in total. The molecule has 0 radical (unpaired) electrons. The van der Waals surface area contributed by atoms with Crippen LogP contribution in [-0.4, -0.2) is 38.6 Å². The second kappa shape index (κ2) is 6.59. The van der Waals surface area contributed by atoms with Crippen LogP contribution in [0, 0.1) is 11.6 Å². The smallest absolute Gasteiger partial charge is 0.322 e. The van der Waals surface area contributed by atoms with Crippen molar-refractivity contribution in [3.8, 4) is 0 Å². The minimum absolute atomic E-state index is 0.398. The lowest BCUT2D eigenvalue weighted by atomic mass is 10.2. The molecule has 1 rings (SSSR count). The minimum Gasteiger partial charge on any atom is -0.480 e. The molecular formula is C11H11F2NO6S. The van der Waals surface area contributed by atoms with Gasteiger partial charge in [0.25, 0.3) is 0 Å². The van der Waals surface area contributed by atoms with E-state index in [0.717, 1.165) is 7.11 Å². The number of nitrogens with one attached hydrogen (secondary N) is 1. The molecule has 0 amide bonds. The van der Waals surface area contributed by atoms with Gasteiger partial charge in [0.15, 0.2) is 0 Å². The number of methoxy groups -OCH3 is 1. The Morgan fingerprint density at radius 1 is 1.38 bits per heavy atom. The highest BCUT2D eigenvalue weighted by Gasteiger charge is 2.29. The minimum atomic E-state index is -4.67. The molecule has 1 aromatic carbocycles. The van der Waals surface area contributed by atoms with Crippen LogP contribution in [0.2, 0.25) is 0 Å². The maximum Gasteiger partial charge on any atom is 0.322 e. The molecule has 0 spiro atoms. The van der Waals surface area contributed by atoms with E-state index >= 15 is 0 Å². The summed E-state index contributed by atoms with van der Waals surface area (Å²) < 4.78 is 56.0. The van der Waals surface area contributed by atoms with Crippen molar-refractivity contribution in [2.45, 2.75) is 17.4 Å². The first-order valence-electron chi connectivity index (χ1n) is 5.44. The van der Waals surface area contributed by atoms with Gasteiger partial charge >= 0.3 is 11.9 Å². The standard InChI is InChI=1S/C11H11F2NO6S/c1-20-10(15)5-8(11(16)17)14-21(18,19)9-4-6(12)2-3-7(9)13/h2-4,8,14H,5H2,1H3,(H,16,17)/t8-/m0/s1. The van der Waals surface area contributed by atoms with E-state index in [2.05, 4.69) is 4.74 Å². The topological polar surface area (TPSA) is 110 Å². The number of benzene rings is 1. The van der Waals surface area contributed by atoms with E-state index in [0.29, 0.717) is 18.2 Å². The predicted molar refractivity (Wildman–Crippen MR) is 64.7 cm³/mol. The molecule has 1 aromatic rings. The molecule has 0 aromatic heterocycles. The number of carbonyl (C=O) groups is 2. The van der Waals surface area contributed by atoms with Crippen molar-refractivity contribution in [3.63, 3.8) is 0 Å². The first kappa shape index (κ1) is 17.0. The molecule has 0 bridgehead atoms. The van der Waals surface area contributed by atoms with E-state index < -0.39 is 51.0 Å². The maximum absolute atomic E-state index is 13.4. The highest BCUT2D eigenvalue weighted by molar-refractivity contribution is 7.89. The van der Waals surface area contributed by atoms with E-state index in [1.807, 2.05) is 0 Å². The Balaban J connectivity index is 3.09. The van der Waals surface area contributed by atoms with E-state index in [1.165, 1.54) is 0 Å². The summed E-state index contributed by atoms with van der Waals surface area (Å²) in [6.07, 6.45) is -0.804. The Hall–Kier alpha value is -2.07. The fourth-order valence-electron chi connectivity index (χ4n) is 1.36. The van der Waals surface area contributed by atoms with Crippen LogP contribution in [-0.2, 0) is 24.3 Å².